The van der Waals surface area contributed by atoms with E-state index in [4.69, 9.17) is 5.73 Å². The number of hydrogen-bond acceptors (Lipinski definition) is 5. The average molecular weight is 305 g/mol. The summed E-state index contributed by atoms with van der Waals surface area (Å²) in [6.07, 6.45) is 3.29. The van der Waals surface area contributed by atoms with E-state index in [-0.39, 0.29) is 17.9 Å². The van der Waals surface area contributed by atoms with Gasteiger partial charge >= 0.3 is 0 Å². The van der Waals surface area contributed by atoms with Gasteiger partial charge in [-0.15, -0.1) is 0 Å². The van der Waals surface area contributed by atoms with Gasteiger partial charge in [-0.2, -0.15) is 0 Å². The lowest BCUT2D eigenvalue weighted by Crippen LogP contribution is -2.41. The fraction of sp³-hybridized carbons (Fsp3) is 0.688. The molecular formula is C16H27N5O. The maximum atomic E-state index is 12.3. The number of nitrogens with one attached hydrogen (secondary N) is 1. The molecule has 6 heteroatoms. The largest absolute Gasteiger partial charge is 0.368 e. The Morgan fingerprint density at radius 2 is 2.00 bits per heavy atom. The molecule has 1 saturated heterocycles. The number of nitrogens with two attached hydrogens (primary N) is 1. The van der Waals surface area contributed by atoms with Gasteiger partial charge in [0, 0.05) is 18.3 Å². The SMILES string of the molecule is CC(C)Cc1cc(C(=O)NC(C)CN2CCCC2)nc(N)n1. The van der Waals surface area contributed by atoms with Crippen molar-refractivity contribution in [2.75, 3.05) is 25.4 Å². The average Bonchev–Trinajstić information content (AvgIpc) is 2.89. The predicted octanol–water partition coefficient (Wildman–Crippen LogP) is 1.47. The molecule has 2 rings (SSSR count). The van der Waals surface area contributed by atoms with Crippen molar-refractivity contribution in [1.82, 2.24) is 20.2 Å². The Labute approximate surface area is 132 Å². The van der Waals surface area contributed by atoms with Crippen LogP contribution in [0.2, 0.25) is 0 Å². The molecule has 22 heavy (non-hydrogen) atoms. The summed E-state index contributed by atoms with van der Waals surface area (Å²) in [6, 6.07) is 1.84. The molecule has 2 heterocycles. The zero-order valence-electron chi connectivity index (χ0n) is 13.8. The van der Waals surface area contributed by atoms with Crippen LogP contribution in [0.4, 0.5) is 5.95 Å². The molecule has 0 aromatic carbocycles. The molecule has 1 unspecified atom stereocenters. The van der Waals surface area contributed by atoms with Crippen LogP contribution in [-0.2, 0) is 6.42 Å². The molecule has 1 fully saturated rings. The van der Waals surface area contributed by atoms with E-state index in [1.807, 2.05) is 6.92 Å². The number of carbonyl (C=O) groups is 1. The first-order chi connectivity index (χ1) is 10.4. The number of likely N-dealkylation sites (tertiary alicyclic amines) is 1. The fourth-order valence-electron chi connectivity index (χ4n) is 2.85. The number of hydrogen-bond donors (Lipinski definition) is 2. The van der Waals surface area contributed by atoms with E-state index in [2.05, 4.69) is 34.0 Å². The van der Waals surface area contributed by atoms with Gasteiger partial charge in [0.2, 0.25) is 5.95 Å². The molecule has 1 aromatic rings. The minimum atomic E-state index is -0.175. The molecule has 0 aliphatic carbocycles. The first kappa shape index (κ1) is 16.7. The van der Waals surface area contributed by atoms with Gasteiger partial charge in [0.25, 0.3) is 5.91 Å². The van der Waals surface area contributed by atoms with Gasteiger partial charge in [0.1, 0.15) is 5.69 Å². The highest BCUT2D eigenvalue weighted by Gasteiger charge is 2.18. The molecule has 1 aromatic heterocycles. The van der Waals surface area contributed by atoms with Crippen molar-refractivity contribution >= 4 is 11.9 Å². The molecule has 0 spiro atoms. The van der Waals surface area contributed by atoms with Crippen LogP contribution in [0, 0.1) is 5.92 Å². The van der Waals surface area contributed by atoms with Crippen LogP contribution >= 0.6 is 0 Å². The predicted molar refractivity (Wildman–Crippen MR) is 87.6 cm³/mol. The summed E-state index contributed by atoms with van der Waals surface area (Å²) < 4.78 is 0. The first-order valence-corrected chi connectivity index (χ1v) is 8.10. The molecule has 0 radical (unpaired) electrons. The van der Waals surface area contributed by atoms with Crippen molar-refractivity contribution in [3.05, 3.63) is 17.5 Å². The summed E-state index contributed by atoms with van der Waals surface area (Å²) in [5, 5.41) is 3.00. The molecule has 1 aliphatic rings. The van der Waals surface area contributed by atoms with E-state index in [1.54, 1.807) is 6.07 Å². The summed E-state index contributed by atoms with van der Waals surface area (Å²) in [7, 11) is 0. The van der Waals surface area contributed by atoms with Crippen molar-refractivity contribution < 1.29 is 4.79 Å². The lowest BCUT2D eigenvalue weighted by molar-refractivity contribution is 0.0926. The zero-order valence-corrected chi connectivity index (χ0v) is 13.8. The van der Waals surface area contributed by atoms with Crippen molar-refractivity contribution in [2.24, 2.45) is 5.92 Å². The Bertz CT molecular complexity index is 511. The lowest BCUT2D eigenvalue weighted by atomic mass is 10.1. The fourth-order valence-corrected chi connectivity index (χ4v) is 2.85. The van der Waals surface area contributed by atoms with E-state index in [0.717, 1.165) is 31.7 Å². The lowest BCUT2D eigenvalue weighted by Gasteiger charge is -2.21. The molecule has 1 aliphatic heterocycles. The first-order valence-electron chi connectivity index (χ1n) is 8.10. The summed E-state index contributed by atoms with van der Waals surface area (Å²) in [5.74, 6) is 0.445. The number of nitrogen functional groups attached to an aromatic ring is 1. The number of anilines is 1. The second kappa shape index (κ2) is 7.54. The molecule has 1 atom stereocenters. The van der Waals surface area contributed by atoms with Gasteiger partial charge in [-0.05, 0) is 51.3 Å². The Morgan fingerprint density at radius 1 is 1.32 bits per heavy atom. The Morgan fingerprint density at radius 3 is 2.64 bits per heavy atom. The molecule has 1 amide bonds. The van der Waals surface area contributed by atoms with Gasteiger partial charge in [0.05, 0.1) is 0 Å². The minimum Gasteiger partial charge on any atom is -0.368 e. The van der Waals surface area contributed by atoms with Gasteiger partial charge in [0.15, 0.2) is 0 Å². The third kappa shape index (κ3) is 4.94. The molecule has 122 valence electrons. The van der Waals surface area contributed by atoms with E-state index in [0.29, 0.717) is 11.6 Å². The highest BCUT2D eigenvalue weighted by Crippen LogP contribution is 2.10. The van der Waals surface area contributed by atoms with Gasteiger partial charge in [-0.3, -0.25) is 4.79 Å². The quantitative estimate of drug-likeness (QED) is 0.831. The van der Waals surface area contributed by atoms with Crippen LogP contribution in [0.15, 0.2) is 6.07 Å². The number of amides is 1. The van der Waals surface area contributed by atoms with Crippen LogP contribution in [-0.4, -0.2) is 46.5 Å². The number of carbonyl (C=O) groups excluding carboxylic acids is 1. The molecular weight excluding hydrogens is 278 g/mol. The normalized spacial score (nSPS) is 16.9. The monoisotopic (exact) mass is 305 g/mol. The number of rotatable bonds is 6. The molecule has 0 saturated carbocycles. The Kier molecular flexibility index (Phi) is 5.71. The molecule has 6 nitrogen and oxygen atoms in total. The molecule has 0 bridgehead atoms. The van der Waals surface area contributed by atoms with Gasteiger partial charge in [-0.25, -0.2) is 9.97 Å². The third-order valence-corrected chi connectivity index (χ3v) is 3.75. The van der Waals surface area contributed by atoms with Crippen molar-refractivity contribution in [2.45, 2.75) is 46.1 Å². The maximum absolute atomic E-state index is 12.3. The van der Waals surface area contributed by atoms with Crippen molar-refractivity contribution in [3.8, 4) is 0 Å². The van der Waals surface area contributed by atoms with Crippen molar-refractivity contribution in [3.63, 3.8) is 0 Å². The summed E-state index contributed by atoms with van der Waals surface area (Å²) >= 11 is 0. The second-order valence-corrected chi connectivity index (χ2v) is 6.58. The van der Waals surface area contributed by atoms with E-state index >= 15 is 0 Å². The smallest absolute Gasteiger partial charge is 0.270 e. The second-order valence-electron chi connectivity index (χ2n) is 6.58. The van der Waals surface area contributed by atoms with Crippen LogP contribution in [0.5, 0.6) is 0 Å². The summed E-state index contributed by atoms with van der Waals surface area (Å²) in [6.45, 7) is 9.37. The third-order valence-electron chi connectivity index (χ3n) is 3.75. The van der Waals surface area contributed by atoms with Crippen LogP contribution in [0.25, 0.3) is 0 Å². The van der Waals surface area contributed by atoms with Crippen LogP contribution in [0.1, 0.15) is 49.8 Å². The highest BCUT2D eigenvalue weighted by atomic mass is 16.1. The Balaban J connectivity index is 1.97. The summed E-state index contributed by atoms with van der Waals surface area (Å²) in [5.41, 5.74) is 6.90. The van der Waals surface area contributed by atoms with Crippen LogP contribution < -0.4 is 11.1 Å². The maximum Gasteiger partial charge on any atom is 0.270 e. The van der Waals surface area contributed by atoms with E-state index in [1.165, 1.54) is 12.8 Å². The number of nitrogens with zero attached hydrogens (tertiary/aromatic N) is 3. The summed E-state index contributed by atoms with van der Waals surface area (Å²) in [4.78, 5) is 23.0. The topological polar surface area (TPSA) is 84.1 Å². The molecule has 3 N–H and O–H groups in total. The highest BCUT2D eigenvalue weighted by molar-refractivity contribution is 5.92. The van der Waals surface area contributed by atoms with E-state index < -0.39 is 0 Å². The zero-order chi connectivity index (χ0) is 16.1. The van der Waals surface area contributed by atoms with Crippen LogP contribution in [0.3, 0.4) is 0 Å². The van der Waals surface area contributed by atoms with Gasteiger partial charge in [-0.1, -0.05) is 13.8 Å². The van der Waals surface area contributed by atoms with Crippen molar-refractivity contribution in [1.29, 1.82) is 0 Å². The minimum absolute atomic E-state index is 0.0929. The standard InChI is InChI=1S/C16H27N5O/c1-11(2)8-13-9-14(20-16(17)19-13)15(22)18-12(3)10-21-6-4-5-7-21/h9,11-12H,4-8,10H2,1-3H3,(H,18,22)(H2,17,19,20). The van der Waals surface area contributed by atoms with Gasteiger partial charge < -0.3 is 16.0 Å². The van der Waals surface area contributed by atoms with E-state index in [9.17, 15) is 4.79 Å². The Hall–Kier alpha value is -1.69. The number of aromatic nitrogens is 2.